The van der Waals surface area contributed by atoms with Gasteiger partial charge in [-0.1, -0.05) is 77.1 Å². The molecule has 1 radical (unpaired) electrons. The molecule has 0 aliphatic rings. The van der Waals surface area contributed by atoms with E-state index >= 15 is 0 Å². The summed E-state index contributed by atoms with van der Waals surface area (Å²) < 4.78 is 0. The highest BCUT2D eigenvalue weighted by atomic mass is 28.3. The molecule has 3 aromatic carbocycles. The lowest BCUT2D eigenvalue weighted by atomic mass is 10.2. The predicted octanol–water partition coefficient (Wildman–Crippen LogP) is 3.36. The van der Waals surface area contributed by atoms with Crippen molar-refractivity contribution in [2.45, 2.75) is 20.8 Å². The Labute approximate surface area is 153 Å². The molecule has 127 valence electrons. The van der Waals surface area contributed by atoms with Gasteiger partial charge in [0.1, 0.15) is 0 Å². The second kappa shape index (κ2) is 8.17. The van der Waals surface area contributed by atoms with Crippen molar-refractivity contribution in [1.29, 1.82) is 0 Å². The van der Waals surface area contributed by atoms with E-state index in [-0.39, 0.29) is 0 Å². The van der Waals surface area contributed by atoms with E-state index in [1.807, 2.05) is 0 Å². The van der Waals surface area contributed by atoms with Gasteiger partial charge < -0.3 is 4.90 Å². The second-order valence-electron chi connectivity index (χ2n) is 6.28. The number of benzene rings is 3. The van der Waals surface area contributed by atoms with Gasteiger partial charge >= 0.3 is 0 Å². The van der Waals surface area contributed by atoms with E-state index in [4.69, 9.17) is 0 Å². The number of aryl methyl sites for hydroxylation is 1. The van der Waals surface area contributed by atoms with Gasteiger partial charge in [0.2, 0.25) is 0 Å². The lowest BCUT2D eigenvalue weighted by Crippen LogP contribution is -2.52. The van der Waals surface area contributed by atoms with E-state index in [1.54, 1.807) is 0 Å². The highest BCUT2D eigenvalue weighted by Crippen LogP contribution is 2.15. The van der Waals surface area contributed by atoms with Crippen molar-refractivity contribution < 1.29 is 0 Å². The van der Waals surface area contributed by atoms with E-state index in [0.29, 0.717) is 0 Å². The maximum atomic E-state index is 2.41. The van der Waals surface area contributed by atoms with E-state index in [2.05, 4.69) is 105 Å². The summed E-state index contributed by atoms with van der Waals surface area (Å²) in [4.78, 5) is 2.41. The van der Waals surface area contributed by atoms with Gasteiger partial charge in [0.05, 0.1) is 0 Å². The van der Waals surface area contributed by atoms with Crippen LogP contribution in [0.2, 0.25) is 0 Å². The Morgan fingerprint density at radius 1 is 0.720 bits per heavy atom. The molecule has 0 atom stereocenters. The van der Waals surface area contributed by atoms with Crippen molar-refractivity contribution >= 4 is 30.0 Å². The van der Waals surface area contributed by atoms with Crippen LogP contribution in [0.5, 0.6) is 0 Å². The highest BCUT2D eigenvalue weighted by Gasteiger charge is 2.21. The zero-order valence-electron chi connectivity index (χ0n) is 15.4. The fraction of sp³-hybridized carbons (Fsp3) is 0.217. The minimum atomic E-state index is -0.981. The Balaban J connectivity index is 2.08. The second-order valence-corrected chi connectivity index (χ2v) is 8.72. The van der Waals surface area contributed by atoms with Crippen molar-refractivity contribution in [3.05, 3.63) is 84.4 Å². The molecule has 0 unspecified atom stereocenters. The molecule has 2 heteroatoms. The first-order chi connectivity index (χ1) is 12.2. The maximum absolute atomic E-state index is 2.41. The first-order valence-electron chi connectivity index (χ1n) is 9.08. The number of anilines is 1. The summed E-state index contributed by atoms with van der Waals surface area (Å²) in [5, 5.41) is 4.37. The average Bonchev–Trinajstić information content (AvgIpc) is 2.66. The molecule has 0 bridgehead atoms. The summed E-state index contributed by atoms with van der Waals surface area (Å²) in [5.74, 6) is 0. The normalized spacial score (nSPS) is 10.9. The van der Waals surface area contributed by atoms with Crippen molar-refractivity contribution in [3.63, 3.8) is 0 Å². The largest absolute Gasteiger partial charge is 0.372 e. The van der Waals surface area contributed by atoms with E-state index in [9.17, 15) is 0 Å². The van der Waals surface area contributed by atoms with E-state index in [0.717, 1.165) is 13.1 Å². The Hall–Kier alpha value is -2.32. The molecular weight excluding hydrogens is 318 g/mol. The van der Waals surface area contributed by atoms with Crippen molar-refractivity contribution in [2.75, 3.05) is 18.0 Å². The molecule has 0 N–H and O–H groups in total. The number of hydrogen-bond donors (Lipinski definition) is 0. The summed E-state index contributed by atoms with van der Waals surface area (Å²) >= 11 is 0. The highest BCUT2D eigenvalue weighted by molar-refractivity contribution is 6.95. The lowest BCUT2D eigenvalue weighted by Gasteiger charge is -2.24. The predicted molar refractivity (Wildman–Crippen MR) is 112 cm³/mol. The molecule has 1 nitrogen and oxygen atoms in total. The van der Waals surface area contributed by atoms with Gasteiger partial charge in [-0.2, -0.15) is 0 Å². The van der Waals surface area contributed by atoms with Gasteiger partial charge in [0.25, 0.3) is 0 Å². The summed E-state index contributed by atoms with van der Waals surface area (Å²) in [6, 6.07) is 28.9. The zero-order valence-corrected chi connectivity index (χ0v) is 16.4. The fourth-order valence-electron chi connectivity index (χ4n) is 3.40. The van der Waals surface area contributed by atoms with Crippen LogP contribution in [0.1, 0.15) is 19.4 Å². The molecular formula is C23H26NSi. The van der Waals surface area contributed by atoms with Gasteiger partial charge in [-0.15, -0.1) is 0 Å². The number of nitrogens with zero attached hydrogens (tertiary/aromatic N) is 1. The summed E-state index contributed by atoms with van der Waals surface area (Å²) in [6.45, 7) is 8.79. The first-order valence-corrected chi connectivity index (χ1v) is 10.6. The van der Waals surface area contributed by atoms with Gasteiger partial charge in [0, 0.05) is 18.8 Å². The molecule has 0 spiro atoms. The van der Waals surface area contributed by atoms with Crippen LogP contribution in [-0.2, 0) is 0 Å². The first kappa shape index (κ1) is 17.5. The third-order valence-corrected chi connectivity index (χ3v) is 7.65. The Bertz CT molecular complexity index is 755. The minimum Gasteiger partial charge on any atom is -0.372 e. The van der Waals surface area contributed by atoms with Gasteiger partial charge in [-0.25, -0.2) is 0 Å². The molecule has 0 aliphatic carbocycles. The van der Waals surface area contributed by atoms with Crippen LogP contribution < -0.4 is 20.5 Å². The van der Waals surface area contributed by atoms with E-state index < -0.39 is 8.80 Å². The fourth-order valence-corrected chi connectivity index (χ4v) is 6.12. The van der Waals surface area contributed by atoms with Crippen LogP contribution >= 0.6 is 0 Å². The molecule has 25 heavy (non-hydrogen) atoms. The van der Waals surface area contributed by atoms with Gasteiger partial charge in [0.15, 0.2) is 8.80 Å². The monoisotopic (exact) mass is 344 g/mol. The van der Waals surface area contributed by atoms with Crippen LogP contribution in [0, 0.1) is 6.92 Å². The SMILES string of the molecule is CCN(CC)c1ccc([Si](c2ccccc2)c2ccccc2)c(C)c1. The number of hydrogen-bond acceptors (Lipinski definition) is 1. The van der Waals surface area contributed by atoms with Crippen LogP contribution in [0.4, 0.5) is 5.69 Å². The maximum Gasteiger partial charge on any atom is 0.154 e. The topological polar surface area (TPSA) is 3.24 Å². The molecule has 0 saturated heterocycles. The molecule has 0 fully saturated rings. The van der Waals surface area contributed by atoms with Crippen LogP contribution in [0.3, 0.4) is 0 Å². The standard InChI is InChI=1S/C23H26NSi/c1-4-24(5-2)20-16-17-23(19(3)18-20)25(21-12-8-6-9-13-21)22-14-10-7-11-15-22/h6-18H,4-5H2,1-3H3. The molecule has 0 aromatic heterocycles. The van der Waals surface area contributed by atoms with Crippen molar-refractivity contribution in [1.82, 2.24) is 0 Å². The molecule has 0 heterocycles. The van der Waals surface area contributed by atoms with Crippen LogP contribution in [0.25, 0.3) is 0 Å². The van der Waals surface area contributed by atoms with Gasteiger partial charge in [-0.05, 0) is 43.7 Å². The Morgan fingerprint density at radius 2 is 1.24 bits per heavy atom. The molecule has 0 saturated carbocycles. The Morgan fingerprint density at radius 3 is 1.68 bits per heavy atom. The molecule has 3 aromatic rings. The molecule has 0 aliphatic heterocycles. The van der Waals surface area contributed by atoms with Crippen molar-refractivity contribution in [2.24, 2.45) is 0 Å². The number of rotatable bonds is 6. The average molecular weight is 345 g/mol. The van der Waals surface area contributed by atoms with E-state index in [1.165, 1.54) is 26.8 Å². The van der Waals surface area contributed by atoms with Crippen molar-refractivity contribution in [3.8, 4) is 0 Å². The van der Waals surface area contributed by atoms with Crippen LogP contribution in [0.15, 0.2) is 78.9 Å². The summed E-state index contributed by atoms with van der Waals surface area (Å²) in [7, 11) is -0.981. The Kier molecular flexibility index (Phi) is 5.72. The quantitative estimate of drug-likeness (QED) is 0.490. The third-order valence-electron chi connectivity index (χ3n) is 4.73. The lowest BCUT2D eigenvalue weighted by molar-refractivity contribution is 0.866. The minimum absolute atomic E-state index is 0.981. The summed E-state index contributed by atoms with van der Waals surface area (Å²) in [5.41, 5.74) is 2.72. The zero-order chi connectivity index (χ0) is 17.6. The summed E-state index contributed by atoms with van der Waals surface area (Å²) in [6.07, 6.45) is 0. The third kappa shape index (κ3) is 3.85. The molecule has 3 rings (SSSR count). The van der Waals surface area contributed by atoms with Crippen LogP contribution in [-0.4, -0.2) is 21.9 Å². The van der Waals surface area contributed by atoms with Gasteiger partial charge in [-0.3, -0.25) is 0 Å². The smallest absolute Gasteiger partial charge is 0.154 e. The molecule has 0 amide bonds.